The molecule has 1 aromatic carbocycles. The summed E-state index contributed by atoms with van der Waals surface area (Å²) >= 11 is 0. The lowest BCUT2D eigenvalue weighted by atomic mass is 10.2. The minimum atomic E-state index is -0.0402. The van der Waals surface area contributed by atoms with Crippen molar-refractivity contribution in [2.24, 2.45) is 0 Å². The van der Waals surface area contributed by atoms with Crippen molar-refractivity contribution in [2.45, 2.75) is 25.8 Å². The summed E-state index contributed by atoms with van der Waals surface area (Å²) in [6, 6.07) is 7.40. The lowest BCUT2D eigenvalue weighted by molar-refractivity contribution is -0.117. The maximum atomic E-state index is 11.8. The maximum absolute atomic E-state index is 11.8. The number of rotatable bonds is 4. The van der Waals surface area contributed by atoms with E-state index in [0.29, 0.717) is 6.61 Å². The molecular formula is C13H19ClN2O2. The Morgan fingerprint density at radius 2 is 2.17 bits per heavy atom. The first-order valence-electron chi connectivity index (χ1n) is 6.06. The fourth-order valence-electron chi connectivity index (χ4n) is 1.94. The summed E-state index contributed by atoms with van der Waals surface area (Å²) in [5.74, 6) is 0.871. The van der Waals surface area contributed by atoms with Crippen LogP contribution >= 0.6 is 12.4 Å². The zero-order chi connectivity index (χ0) is 12.1. The number of amides is 1. The molecule has 1 amide bonds. The van der Waals surface area contributed by atoms with Crippen molar-refractivity contribution in [3.63, 3.8) is 0 Å². The van der Waals surface area contributed by atoms with Crippen LogP contribution in [-0.4, -0.2) is 25.1 Å². The van der Waals surface area contributed by atoms with Gasteiger partial charge in [-0.3, -0.25) is 4.79 Å². The maximum Gasteiger partial charge on any atom is 0.241 e. The van der Waals surface area contributed by atoms with E-state index < -0.39 is 0 Å². The molecule has 1 aliphatic rings. The molecule has 0 spiro atoms. The van der Waals surface area contributed by atoms with Crippen LogP contribution in [0.2, 0.25) is 0 Å². The predicted octanol–water partition coefficient (Wildman–Crippen LogP) is 2.20. The molecule has 0 aromatic heterocycles. The zero-order valence-electron chi connectivity index (χ0n) is 10.4. The third kappa shape index (κ3) is 3.89. The highest BCUT2D eigenvalue weighted by Gasteiger charge is 2.21. The van der Waals surface area contributed by atoms with Crippen LogP contribution in [0.1, 0.15) is 19.8 Å². The van der Waals surface area contributed by atoms with Gasteiger partial charge in [0.25, 0.3) is 0 Å². The van der Waals surface area contributed by atoms with Crippen LogP contribution < -0.4 is 15.4 Å². The molecule has 1 aliphatic heterocycles. The van der Waals surface area contributed by atoms with Crippen molar-refractivity contribution in [3.8, 4) is 5.75 Å². The number of carbonyl (C=O) groups is 1. The number of benzene rings is 1. The van der Waals surface area contributed by atoms with Crippen LogP contribution in [0, 0.1) is 0 Å². The van der Waals surface area contributed by atoms with Gasteiger partial charge in [-0.25, -0.2) is 0 Å². The van der Waals surface area contributed by atoms with Gasteiger partial charge in [-0.15, -0.1) is 12.4 Å². The minimum Gasteiger partial charge on any atom is -0.494 e. The summed E-state index contributed by atoms with van der Waals surface area (Å²) < 4.78 is 5.34. The molecular weight excluding hydrogens is 252 g/mol. The van der Waals surface area contributed by atoms with E-state index in [-0.39, 0.29) is 24.4 Å². The number of anilines is 1. The first kappa shape index (κ1) is 14.8. The molecule has 0 radical (unpaired) electrons. The molecule has 4 nitrogen and oxygen atoms in total. The monoisotopic (exact) mass is 270 g/mol. The van der Waals surface area contributed by atoms with Gasteiger partial charge < -0.3 is 15.4 Å². The second kappa shape index (κ2) is 7.24. The van der Waals surface area contributed by atoms with Crippen molar-refractivity contribution in [1.29, 1.82) is 0 Å². The molecule has 0 saturated carbocycles. The molecule has 0 bridgehead atoms. The molecule has 1 atom stereocenters. The molecule has 100 valence electrons. The van der Waals surface area contributed by atoms with E-state index in [1.165, 1.54) is 0 Å². The summed E-state index contributed by atoms with van der Waals surface area (Å²) in [4.78, 5) is 11.8. The van der Waals surface area contributed by atoms with Gasteiger partial charge in [0, 0.05) is 5.69 Å². The van der Waals surface area contributed by atoms with Crippen molar-refractivity contribution in [3.05, 3.63) is 24.3 Å². The smallest absolute Gasteiger partial charge is 0.241 e. The minimum absolute atomic E-state index is 0. The van der Waals surface area contributed by atoms with E-state index in [2.05, 4.69) is 10.6 Å². The van der Waals surface area contributed by atoms with Gasteiger partial charge in [0.1, 0.15) is 5.75 Å². The van der Waals surface area contributed by atoms with Gasteiger partial charge in [0.05, 0.1) is 12.6 Å². The average Bonchev–Trinajstić information content (AvgIpc) is 2.86. The molecule has 1 fully saturated rings. The molecule has 1 saturated heterocycles. The largest absolute Gasteiger partial charge is 0.494 e. The molecule has 1 aromatic rings. The Kier molecular flexibility index (Phi) is 5.95. The van der Waals surface area contributed by atoms with Crippen molar-refractivity contribution < 1.29 is 9.53 Å². The quantitative estimate of drug-likeness (QED) is 0.882. The van der Waals surface area contributed by atoms with Crippen LogP contribution in [0.15, 0.2) is 24.3 Å². The van der Waals surface area contributed by atoms with E-state index in [0.717, 1.165) is 30.8 Å². The second-order valence-electron chi connectivity index (χ2n) is 4.10. The van der Waals surface area contributed by atoms with Gasteiger partial charge in [-0.2, -0.15) is 0 Å². The molecule has 2 rings (SSSR count). The number of hydrogen-bond donors (Lipinski definition) is 2. The summed E-state index contributed by atoms with van der Waals surface area (Å²) in [6.45, 7) is 3.53. The lowest BCUT2D eigenvalue weighted by Crippen LogP contribution is -2.35. The van der Waals surface area contributed by atoms with E-state index >= 15 is 0 Å². The topological polar surface area (TPSA) is 50.4 Å². The summed E-state index contributed by atoms with van der Waals surface area (Å²) in [5, 5.41) is 6.07. The number of carbonyl (C=O) groups excluding carboxylic acids is 1. The number of nitrogens with one attached hydrogen (secondary N) is 2. The van der Waals surface area contributed by atoms with Gasteiger partial charge in [-0.05, 0) is 50.6 Å². The standard InChI is InChI=1S/C13H18N2O2.ClH/c1-2-17-11-7-5-10(6-8-11)15-13(16)12-4-3-9-14-12;/h5-8,12,14H,2-4,9H2,1H3,(H,15,16);1H. The van der Waals surface area contributed by atoms with E-state index in [1.807, 2.05) is 31.2 Å². The van der Waals surface area contributed by atoms with Gasteiger partial charge in [-0.1, -0.05) is 0 Å². The molecule has 0 aliphatic carbocycles. The Bertz CT molecular complexity index is 375. The first-order chi connectivity index (χ1) is 8.29. The van der Waals surface area contributed by atoms with Crippen molar-refractivity contribution >= 4 is 24.0 Å². The van der Waals surface area contributed by atoms with Crippen LogP contribution in [0.5, 0.6) is 5.75 Å². The summed E-state index contributed by atoms with van der Waals surface area (Å²) in [7, 11) is 0. The zero-order valence-corrected chi connectivity index (χ0v) is 11.3. The Labute approximate surface area is 114 Å². The Morgan fingerprint density at radius 1 is 1.44 bits per heavy atom. The van der Waals surface area contributed by atoms with E-state index in [9.17, 15) is 4.79 Å². The highest BCUT2D eigenvalue weighted by atomic mass is 35.5. The fourth-order valence-corrected chi connectivity index (χ4v) is 1.94. The average molecular weight is 271 g/mol. The Hall–Kier alpha value is -1.26. The van der Waals surface area contributed by atoms with E-state index in [1.54, 1.807) is 0 Å². The number of halogens is 1. The molecule has 5 heteroatoms. The first-order valence-corrected chi connectivity index (χ1v) is 6.06. The van der Waals surface area contributed by atoms with Crippen LogP contribution in [-0.2, 0) is 4.79 Å². The highest BCUT2D eigenvalue weighted by Crippen LogP contribution is 2.16. The molecule has 1 heterocycles. The van der Waals surface area contributed by atoms with Gasteiger partial charge in [0.2, 0.25) is 5.91 Å². The van der Waals surface area contributed by atoms with Crippen LogP contribution in [0.25, 0.3) is 0 Å². The summed E-state index contributed by atoms with van der Waals surface area (Å²) in [6.07, 6.45) is 1.99. The Morgan fingerprint density at radius 3 is 2.72 bits per heavy atom. The molecule has 2 N–H and O–H groups in total. The fraction of sp³-hybridized carbons (Fsp3) is 0.462. The second-order valence-corrected chi connectivity index (χ2v) is 4.10. The predicted molar refractivity (Wildman–Crippen MR) is 74.5 cm³/mol. The third-order valence-corrected chi connectivity index (χ3v) is 2.81. The molecule has 18 heavy (non-hydrogen) atoms. The van der Waals surface area contributed by atoms with Crippen molar-refractivity contribution in [2.75, 3.05) is 18.5 Å². The molecule has 1 unspecified atom stereocenters. The third-order valence-electron chi connectivity index (χ3n) is 2.81. The van der Waals surface area contributed by atoms with Crippen molar-refractivity contribution in [1.82, 2.24) is 5.32 Å². The van der Waals surface area contributed by atoms with Crippen LogP contribution in [0.4, 0.5) is 5.69 Å². The summed E-state index contributed by atoms with van der Waals surface area (Å²) in [5.41, 5.74) is 0.812. The van der Waals surface area contributed by atoms with Gasteiger partial charge in [0.15, 0.2) is 0 Å². The Balaban J connectivity index is 0.00000162. The lowest BCUT2D eigenvalue weighted by Gasteiger charge is -2.11. The highest BCUT2D eigenvalue weighted by molar-refractivity contribution is 5.95. The SMILES string of the molecule is CCOc1ccc(NC(=O)C2CCCN2)cc1.Cl. The number of ether oxygens (including phenoxy) is 1. The van der Waals surface area contributed by atoms with Crippen LogP contribution in [0.3, 0.4) is 0 Å². The number of hydrogen-bond acceptors (Lipinski definition) is 3. The normalized spacial score (nSPS) is 17.9. The van der Waals surface area contributed by atoms with Gasteiger partial charge >= 0.3 is 0 Å². The van der Waals surface area contributed by atoms with E-state index in [4.69, 9.17) is 4.74 Å².